The molecule has 1 aliphatic rings. The highest BCUT2D eigenvalue weighted by atomic mass is 16.3. The van der Waals surface area contributed by atoms with Gasteiger partial charge in [0.05, 0.1) is 24.7 Å². The summed E-state index contributed by atoms with van der Waals surface area (Å²) in [5.74, 6) is 1.82. The summed E-state index contributed by atoms with van der Waals surface area (Å²) >= 11 is 0. The third-order valence-electron chi connectivity index (χ3n) is 4.09. The van der Waals surface area contributed by atoms with Gasteiger partial charge in [-0.25, -0.2) is 4.98 Å². The van der Waals surface area contributed by atoms with Crippen LogP contribution in [0.4, 0.5) is 11.5 Å². The van der Waals surface area contributed by atoms with E-state index in [4.69, 9.17) is 4.42 Å². The molecule has 0 aliphatic carbocycles. The van der Waals surface area contributed by atoms with E-state index in [0.717, 1.165) is 49.9 Å². The molecule has 1 saturated heterocycles. The zero-order valence-electron chi connectivity index (χ0n) is 14.7. The van der Waals surface area contributed by atoms with Crippen molar-refractivity contribution >= 4 is 17.4 Å². The Hall–Kier alpha value is -2.60. The largest absolute Gasteiger partial charge is 0.468 e. The number of aromatic nitrogens is 1. The lowest BCUT2D eigenvalue weighted by Gasteiger charge is -2.35. The molecular weight excluding hydrogens is 316 g/mol. The van der Waals surface area contributed by atoms with Gasteiger partial charge in [-0.15, -0.1) is 0 Å². The summed E-state index contributed by atoms with van der Waals surface area (Å²) in [5, 5.41) is 2.82. The van der Waals surface area contributed by atoms with Crippen molar-refractivity contribution in [3.63, 3.8) is 0 Å². The lowest BCUT2D eigenvalue weighted by molar-refractivity contribution is -0.111. The number of hydrogen-bond acceptors (Lipinski definition) is 5. The van der Waals surface area contributed by atoms with Gasteiger partial charge in [0.1, 0.15) is 11.6 Å². The SMILES string of the molecule is CC(C)=CC(=O)Nc1ccc(N2CCN(Cc3ccco3)CC2)nc1. The second-order valence-corrected chi connectivity index (χ2v) is 6.46. The third kappa shape index (κ3) is 4.93. The van der Waals surface area contributed by atoms with Crippen LogP contribution in [0.15, 0.2) is 52.8 Å². The van der Waals surface area contributed by atoms with Crippen molar-refractivity contribution in [2.75, 3.05) is 36.4 Å². The Balaban J connectivity index is 1.51. The van der Waals surface area contributed by atoms with Gasteiger partial charge in [-0.1, -0.05) is 5.57 Å². The predicted molar refractivity (Wildman–Crippen MR) is 98.5 cm³/mol. The molecule has 0 saturated carbocycles. The number of rotatable bonds is 5. The molecule has 3 heterocycles. The van der Waals surface area contributed by atoms with Crippen LogP contribution in [0.5, 0.6) is 0 Å². The summed E-state index contributed by atoms with van der Waals surface area (Å²) in [4.78, 5) is 20.9. The summed E-state index contributed by atoms with van der Waals surface area (Å²) in [7, 11) is 0. The molecule has 132 valence electrons. The molecule has 6 nitrogen and oxygen atoms in total. The molecular formula is C19H24N4O2. The molecule has 1 N–H and O–H groups in total. The fraction of sp³-hybridized carbons (Fsp3) is 0.368. The second-order valence-electron chi connectivity index (χ2n) is 6.46. The van der Waals surface area contributed by atoms with Crippen molar-refractivity contribution < 1.29 is 9.21 Å². The fourth-order valence-electron chi connectivity index (χ4n) is 2.85. The number of carbonyl (C=O) groups excluding carboxylic acids is 1. The Morgan fingerprint density at radius 2 is 2.04 bits per heavy atom. The highest BCUT2D eigenvalue weighted by Gasteiger charge is 2.18. The highest BCUT2D eigenvalue weighted by molar-refractivity contribution is 5.99. The number of anilines is 2. The van der Waals surface area contributed by atoms with E-state index in [1.54, 1.807) is 18.5 Å². The number of hydrogen-bond donors (Lipinski definition) is 1. The van der Waals surface area contributed by atoms with E-state index in [-0.39, 0.29) is 5.91 Å². The topological polar surface area (TPSA) is 61.6 Å². The monoisotopic (exact) mass is 340 g/mol. The lowest BCUT2D eigenvalue weighted by Crippen LogP contribution is -2.46. The van der Waals surface area contributed by atoms with Crippen LogP contribution in [-0.2, 0) is 11.3 Å². The van der Waals surface area contributed by atoms with Crippen molar-refractivity contribution in [3.8, 4) is 0 Å². The molecule has 1 fully saturated rings. The lowest BCUT2D eigenvalue weighted by atomic mass is 10.2. The number of carbonyl (C=O) groups is 1. The molecule has 0 radical (unpaired) electrons. The number of nitrogens with zero attached hydrogens (tertiary/aromatic N) is 3. The first-order valence-corrected chi connectivity index (χ1v) is 8.52. The number of amides is 1. The Morgan fingerprint density at radius 3 is 2.64 bits per heavy atom. The van der Waals surface area contributed by atoms with E-state index in [2.05, 4.69) is 20.1 Å². The zero-order chi connectivity index (χ0) is 17.6. The quantitative estimate of drug-likeness (QED) is 0.848. The standard InChI is InChI=1S/C19H24N4O2/c1-15(2)12-19(24)21-16-5-6-18(20-13-16)23-9-7-22(8-10-23)14-17-4-3-11-25-17/h3-6,11-13H,7-10,14H2,1-2H3,(H,21,24). The van der Waals surface area contributed by atoms with Crippen molar-refractivity contribution in [1.29, 1.82) is 0 Å². The molecule has 6 heteroatoms. The molecule has 0 aromatic carbocycles. The van der Waals surface area contributed by atoms with Crippen molar-refractivity contribution in [2.24, 2.45) is 0 Å². The van der Waals surface area contributed by atoms with Gasteiger partial charge >= 0.3 is 0 Å². The van der Waals surface area contributed by atoms with E-state index in [0.29, 0.717) is 5.69 Å². The summed E-state index contributed by atoms with van der Waals surface area (Å²) in [5.41, 5.74) is 1.68. The van der Waals surface area contributed by atoms with Gasteiger partial charge in [0, 0.05) is 32.3 Å². The third-order valence-corrected chi connectivity index (χ3v) is 4.09. The van der Waals surface area contributed by atoms with Gasteiger partial charge in [0.2, 0.25) is 5.91 Å². The number of pyridine rings is 1. The summed E-state index contributed by atoms with van der Waals surface area (Å²) in [6, 6.07) is 7.79. The van der Waals surface area contributed by atoms with E-state index < -0.39 is 0 Å². The van der Waals surface area contributed by atoms with Gasteiger partial charge in [-0.3, -0.25) is 9.69 Å². The fourth-order valence-corrected chi connectivity index (χ4v) is 2.85. The Kier molecular flexibility index (Phi) is 5.50. The molecule has 0 atom stereocenters. The first-order chi connectivity index (χ1) is 12.1. The van der Waals surface area contributed by atoms with Crippen LogP contribution in [0.2, 0.25) is 0 Å². The molecule has 1 amide bonds. The van der Waals surface area contributed by atoms with Crippen LogP contribution in [0.1, 0.15) is 19.6 Å². The predicted octanol–water partition coefficient (Wildman–Crippen LogP) is 2.90. The first kappa shape index (κ1) is 17.2. The minimum atomic E-state index is -0.124. The smallest absolute Gasteiger partial charge is 0.248 e. The number of nitrogens with one attached hydrogen (secondary N) is 1. The number of piperazine rings is 1. The minimum absolute atomic E-state index is 0.124. The van der Waals surface area contributed by atoms with Crippen LogP contribution in [0.3, 0.4) is 0 Å². The van der Waals surface area contributed by atoms with Crippen molar-refractivity contribution in [1.82, 2.24) is 9.88 Å². The van der Waals surface area contributed by atoms with Crippen molar-refractivity contribution in [3.05, 3.63) is 54.1 Å². The molecule has 0 bridgehead atoms. The van der Waals surface area contributed by atoms with Crippen LogP contribution in [-0.4, -0.2) is 42.0 Å². The molecule has 25 heavy (non-hydrogen) atoms. The van der Waals surface area contributed by atoms with Gasteiger partial charge in [0.15, 0.2) is 0 Å². The Bertz CT molecular complexity index is 710. The van der Waals surface area contributed by atoms with Crippen LogP contribution >= 0.6 is 0 Å². The number of furan rings is 1. The van der Waals surface area contributed by atoms with Crippen LogP contribution in [0.25, 0.3) is 0 Å². The van der Waals surface area contributed by atoms with E-state index in [9.17, 15) is 4.79 Å². The highest BCUT2D eigenvalue weighted by Crippen LogP contribution is 2.17. The average Bonchev–Trinajstić information content (AvgIpc) is 3.08. The van der Waals surface area contributed by atoms with Crippen molar-refractivity contribution in [2.45, 2.75) is 20.4 Å². The molecule has 2 aromatic heterocycles. The molecule has 0 spiro atoms. The second kappa shape index (κ2) is 7.98. The average molecular weight is 340 g/mol. The summed E-state index contributed by atoms with van der Waals surface area (Å²) in [6.07, 6.45) is 5.00. The van der Waals surface area contributed by atoms with E-state index in [1.165, 1.54) is 0 Å². The minimum Gasteiger partial charge on any atom is -0.468 e. The van der Waals surface area contributed by atoms with E-state index in [1.807, 2.05) is 38.1 Å². The molecule has 2 aromatic rings. The molecule has 1 aliphatic heterocycles. The summed E-state index contributed by atoms with van der Waals surface area (Å²) < 4.78 is 5.41. The van der Waals surface area contributed by atoms with Gasteiger partial charge in [-0.05, 0) is 38.1 Å². The van der Waals surface area contributed by atoms with Gasteiger partial charge in [0.25, 0.3) is 0 Å². The van der Waals surface area contributed by atoms with Gasteiger partial charge in [-0.2, -0.15) is 0 Å². The van der Waals surface area contributed by atoms with Crippen LogP contribution in [0, 0.1) is 0 Å². The van der Waals surface area contributed by atoms with Crippen LogP contribution < -0.4 is 10.2 Å². The Morgan fingerprint density at radius 1 is 1.24 bits per heavy atom. The zero-order valence-corrected chi connectivity index (χ0v) is 14.7. The molecule has 0 unspecified atom stereocenters. The maximum atomic E-state index is 11.7. The maximum Gasteiger partial charge on any atom is 0.248 e. The summed E-state index contributed by atoms with van der Waals surface area (Å²) in [6.45, 7) is 8.44. The normalized spacial score (nSPS) is 15.0. The molecule has 3 rings (SSSR count). The van der Waals surface area contributed by atoms with E-state index >= 15 is 0 Å². The Labute approximate surface area is 148 Å². The van der Waals surface area contributed by atoms with Gasteiger partial charge < -0.3 is 14.6 Å². The maximum absolute atomic E-state index is 11.7. The first-order valence-electron chi connectivity index (χ1n) is 8.52. The number of allylic oxidation sites excluding steroid dienone is 1.